The third kappa shape index (κ3) is 5.39. The summed E-state index contributed by atoms with van der Waals surface area (Å²) in [7, 11) is -2.85. The standard InChI is InChI=1S/C14H27N3O2S/c1-12(2)16-14(4,11-15)6-5-7-17-8-9-20(18,19)10-13(17)3/h12-13,16H,5-10H2,1-4H3. The van der Waals surface area contributed by atoms with Crippen molar-refractivity contribution in [1.82, 2.24) is 10.2 Å². The monoisotopic (exact) mass is 301 g/mol. The molecule has 1 saturated heterocycles. The molecule has 0 aromatic rings. The van der Waals surface area contributed by atoms with Crippen LogP contribution in [0.25, 0.3) is 0 Å². The van der Waals surface area contributed by atoms with Crippen molar-refractivity contribution < 1.29 is 8.42 Å². The van der Waals surface area contributed by atoms with Crippen LogP contribution in [0.3, 0.4) is 0 Å². The molecule has 0 aliphatic carbocycles. The third-order valence-electron chi connectivity index (χ3n) is 3.78. The highest BCUT2D eigenvalue weighted by Gasteiger charge is 2.29. The molecule has 0 radical (unpaired) electrons. The van der Waals surface area contributed by atoms with E-state index in [1.54, 1.807) is 0 Å². The maximum absolute atomic E-state index is 11.5. The molecule has 1 N–H and O–H groups in total. The second kappa shape index (κ2) is 6.88. The Bertz CT molecular complexity index is 456. The average Bonchev–Trinajstić information content (AvgIpc) is 2.30. The van der Waals surface area contributed by atoms with Gasteiger partial charge in [-0.25, -0.2) is 8.42 Å². The Balaban J connectivity index is 2.43. The Morgan fingerprint density at radius 3 is 2.65 bits per heavy atom. The Hall–Kier alpha value is -0.640. The molecule has 5 nitrogen and oxygen atoms in total. The number of hydrogen-bond acceptors (Lipinski definition) is 5. The van der Waals surface area contributed by atoms with Crippen molar-refractivity contribution in [3.05, 3.63) is 0 Å². The quantitative estimate of drug-likeness (QED) is 0.797. The fraction of sp³-hybridized carbons (Fsp3) is 0.929. The van der Waals surface area contributed by atoms with Gasteiger partial charge in [0, 0.05) is 18.6 Å². The minimum Gasteiger partial charge on any atom is -0.299 e. The molecule has 20 heavy (non-hydrogen) atoms. The van der Waals surface area contributed by atoms with Gasteiger partial charge in [0.1, 0.15) is 5.54 Å². The van der Waals surface area contributed by atoms with Crippen LogP contribution < -0.4 is 5.32 Å². The number of nitriles is 1. The van der Waals surface area contributed by atoms with Crippen LogP contribution in [-0.2, 0) is 9.84 Å². The Morgan fingerprint density at radius 2 is 2.15 bits per heavy atom. The van der Waals surface area contributed by atoms with Gasteiger partial charge in [0.2, 0.25) is 0 Å². The van der Waals surface area contributed by atoms with E-state index in [4.69, 9.17) is 0 Å². The highest BCUT2D eigenvalue weighted by molar-refractivity contribution is 7.91. The zero-order valence-corrected chi connectivity index (χ0v) is 13.8. The van der Waals surface area contributed by atoms with Crippen LogP contribution in [0.5, 0.6) is 0 Å². The zero-order chi connectivity index (χ0) is 15.4. The van der Waals surface area contributed by atoms with Crippen molar-refractivity contribution in [2.24, 2.45) is 0 Å². The van der Waals surface area contributed by atoms with Crippen LogP contribution in [0.15, 0.2) is 0 Å². The molecular formula is C14H27N3O2S. The molecule has 1 aliphatic heterocycles. The molecule has 0 aromatic heterocycles. The molecule has 1 fully saturated rings. The molecule has 0 saturated carbocycles. The lowest BCUT2D eigenvalue weighted by Crippen LogP contribution is -2.48. The van der Waals surface area contributed by atoms with E-state index in [0.717, 1.165) is 19.4 Å². The van der Waals surface area contributed by atoms with Crippen LogP contribution >= 0.6 is 0 Å². The van der Waals surface area contributed by atoms with Crippen LogP contribution in [0.1, 0.15) is 40.5 Å². The van der Waals surface area contributed by atoms with E-state index < -0.39 is 15.4 Å². The minimum absolute atomic E-state index is 0.0835. The van der Waals surface area contributed by atoms with Crippen LogP contribution in [0.2, 0.25) is 0 Å². The third-order valence-corrected chi connectivity index (χ3v) is 5.58. The van der Waals surface area contributed by atoms with Crippen molar-refractivity contribution in [3.8, 4) is 6.07 Å². The summed E-state index contributed by atoms with van der Waals surface area (Å²) in [4.78, 5) is 2.22. The molecule has 2 atom stereocenters. The first kappa shape index (κ1) is 17.4. The minimum atomic E-state index is -2.85. The lowest BCUT2D eigenvalue weighted by molar-refractivity contribution is 0.214. The largest absolute Gasteiger partial charge is 0.299 e. The van der Waals surface area contributed by atoms with E-state index >= 15 is 0 Å². The Kier molecular flexibility index (Phi) is 5.99. The van der Waals surface area contributed by atoms with Gasteiger partial charge < -0.3 is 0 Å². The van der Waals surface area contributed by atoms with Crippen molar-refractivity contribution in [2.45, 2.75) is 58.2 Å². The van der Waals surface area contributed by atoms with Crippen LogP contribution in [-0.4, -0.2) is 55.5 Å². The first-order valence-electron chi connectivity index (χ1n) is 7.31. The van der Waals surface area contributed by atoms with Gasteiger partial charge in [0.15, 0.2) is 9.84 Å². The molecule has 0 amide bonds. The Labute approximate surface area is 123 Å². The maximum Gasteiger partial charge on any atom is 0.153 e. The summed E-state index contributed by atoms with van der Waals surface area (Å²) in [5.41, 5.74) is -0.501. The van der Waals surface area contributed by atoms with Gasteiger partial charge in [-0.2, -0.15) is 5.26 Å². The summed E-state index contributed by atoms with van der Waals surface area (Å²) in [5, 5.41) is 12.6. The smallest absolute Gasteiger partial charge is 0.153 e. The highest BCUT2D eigenvalue weighted by Crippen LogP contribution is 2.16. The number of hydrogen-bond donors (Lipinski definition) is 1. The van der Waals surface area contributed by atoms with Crippen molar-refractivity contribution in [1.29, 1.82) is 5.26 Å². The lowest BCUT2D eigenvalue weighted by atomic mass is 9.96. The van der Waals surface area contributed by atoms with Crippen molar-refractivity contribution in [3.63, 3.8) is 0 Å². The number of sulfone groups is 1. The van der Waals surface area contributed by atoms with Crippen LogP contribution in [0, 0.1) is 11.3 Å². The van der Waals surface area contributed by atoms with Crippen molar-refractivity contribution in [2.75, 3.05) is 24.6 Å². The summed E-state index contributed by atoms with van der Waals surface area (Å²) in [6, 6.07) is 2.71. The summed E-state index contributed by atoms with van der Waals surface area (Å²) >= 11 is 0. The molecule has 2 unspecified atom stereocenters. The molecule has 1 heterocycles. The maximum atomic E-state index is 11.5. The van der Waals surface area contributed by atoms with Gasteiger partial charge in [0.05, 0.1) is 17.6 Å². The molecule has 116 valence electrons. The molecule has 0 bridgehead atoms. The summed E-state index contributed by atoms with van der Waals surface area (Å²) in [6.07, 6.45) is 1.67. The van der Waals surface area contributed by atoms with E-state index in [1.807, 2.05) is 27.7 Å². The summed E-state index contributed by atoms with van der Waals surface area (Å²) in [6.45, 7) is 9.43. The lowest BCUT2D eigenvalue weighted by Gasteiger charge is -2.34. The van der Waals surface area contributed by atoms with Crippen molar-refractivity contribution >= 4 is 9.84 Å². The number of nitrogens with one attached hydrogen (secondary N) is 1. The first-order chi connectivity index (χ1) is 9.17. The average molecular weight is 301 g/mol. The normalized spacial score (nSPS) is 26.1. The van der Waals surface area contributed by atoms with Gasteiger partial charge in [-0.05, 0) is 47.1 Å². The molecule has 1 rings (SSSR count). The second-order valence-corrected chi connectivity index (χ2v) is 8.57. The van der Waals surface area contributed by atoms with E-state index in [2.05, 4.69) is 16.3 Å². The van der Waals surface area contributed by atoms with E-state index in [9.17, 15) is 13.7 Å². The predicted octanol–water partition coefficient (Wildman–Crippen LogP) is 1.17. The van der Waals surface area contributed by atoms with E-state index in [0.29, 0.717) is 6.54 Å². The highest BCUT2D eigenvalue weighted by atomic mass is 32.2. The molecular weight excluding hydrogens is 274 g/mol. The van der Waals surface area contributed by atoms with Gasteiger partial charge in [-0.15, -0.1) is 0 Å². The fourth-order valence-corrected chi connectivity index (χ4v) is 4.42. The van der Waals surface area contributed by atoms with E-state index in [-0.39, 0.29) is 23.6 Å². The summed E-state index contributed by atoms with van der Waals surface area (Å²) < 4.78 is 23.1. The van der Waals surface area contributed by atoms with Gasteiger partial charge in [-0.3, -0.25) is 10.2 Å². The number of rotatable bonds is 6. The second-order valence-electron chi connectivity index (χ2n) is 6.35. The summed E-state index contributed by atoms with van der Waals surface area (Å²) in [5.74, 6) is 0.518. The van der Waals surface area contributed by atoms with Gasteiger partial charge in [-0.1, -0.05) is 0 Å². The van der Waals surface area contributed by atoms with Gasteiger partial charge in [0.25, 0.3) is 0 Å². The van der Waals surface area contributed by atoms with Crippen LogP contribution in [0.4, 0.5) is 0 Å². The topological polar surface area (TPSA) is 73.2 Å². The van der Waals surface area contributed by atoms with Gasteiger partial charge >= 0.3 is 0 Å². The molecule has 1 aliphatic rings. The molecule has 6 heteroatoms. The number of nitrogens with zero attached hydrogens (tertiary/aromatic N) is 2. The predicted molar refractivity (Wildman–Crippen MR) is 81.2 cm³/mol. The molecule has 0 aromatic carbocycles. The first-order valence-corrected chi connectivity index (χ1v) is 9.13. The fourth-order valence-electron chi connectivity index (χ4n) is 2.80. The zero-order valence-electron chi connectivity index (χ0n) is 13.0. The molecule has 0 spiro atoms. The SMILES string of the molecule is CC(C)NC(C)(C#N)CCCN1CCS(=O)(=O)CC1C. The van der Waals surface area contributed by atoms with E-state index in [1.165, 1.54) is 0 Å². The Morgan fingerprint density at radius 1 is 1.50 bits per heavy atom.